The zero-order valence-electron chi connectivity index (χ0n) is 10.2. The van der Waals surface area contributed by atoms with E-state index in [0.29, 0.717) is 11.5 Å². The number of fused-ring (bicyclic) bond motifs is 1. The summed E-state index contributed by atoms with van der Waals surface area (Å²) >= 11 is 0. The van der Waals surface area contributed by atoms with Gasteiger partial charge in [0.1, 0.15) is 5.82 Å². The molecule has 3 heterocycles. The highest BCUT2D eigenvalue weighted by Crippen LogP contribution is 2.22. The van der Waals surface area contributed by atoms with Gasteiger partial charge < -0.3 is 14.5 Å². The molecule has 2 aromatic heterocycles. The summed E-state index contributed by atoms with van der Waals surface area (Å²) in [6.45, 7) is 2.01. The van der Waals surface area contributed by atoms with Crippen LogP contribution in [0.2, 0.25) is 0 Å². The molecule has 2 aromatic rings. The highest BCUT2D eigenvalue weighted by Gasteiger charge is 2.21. The van der Waals surface area contributed by atoms with Crippen molar-refractivity contribution in [2.24, 2.45) is 0 Å². The molecule has 1 aliphatic rings. The summed E-state index contributed by atoms with van der Waals surface area (Å²) in [5.74, 6) is 1.20. The lowest BCUT2D eigenvalue weighted by molar-refractivity contribution is 0.0600. The molecule has 0 amide bonds. The maximum atomic E-state index is 11.5. The fourth-order valence-corrected chi connectivity index (χ4v) is 2.44. The van der Waals surface area contributed by atoms with Crippen LogP contribution in [0.1, 0.15) is 28.5 Å². The van der Waals surface area contributed by atoms with E-state index in [0.717, 1.165) is 30.9 Å². The van der Waals surface area contributed by atoms with Gasteiger partial charge in [-0.1, -0.05) is 0 Å². The molecular formula is C13H15N3O2. The number of esters is 1. The lowest BCUT2D eigenvalue weighted by Crippen LogP contribution is -2.10. The molecule has 1 aliphatic heterocycles. The molecule has 18 heavy (non-hydrogen) atoms. The average molecular weight is 245 g/mol. The molecule has 1 N–H and O–H groups in total. The third-order valence-electron chi connectivity index (χ3n) is 3.41. The van der Waals surface area contributed by atoms with Crippen molar-refractivity contribution in [3.63, 3.8) is 0 Å². The summed E-state index contributed by atoms with van der Waals surface area (Å²) in [6, 6.07) is 3.58. The Hall–Kier alpha value is -1.88. The van der Waals surface area contributed by atoms with Crippen molar-refractivity contribution in [1.29, 1.82) is 0 Å². The molecule has 1 atom stereocenters. The number of carbonyl (C=O) groups is 1. The number of nitrogens with one attached hydrogen (secondary N) is 1. The second-order valence-corrected chi connectivity index (χ2v) is 4.51. The van der Waals surface area contributed by atoms with Gasteiger partial charge >= 0.3 is 5.97 Å². The summed E-state index contributed by atoms with van der Waals surface area (Å²) in [7, 11) is 1.39. The van der Waals surface area contributed by atoms with E-state index in [2.05, 4.69) is 10.3 Å². The Bertz CT molecular complexity index is 585. The van der Waals surface area contributed by atoms with Crippen LogP contribution in [0.25, 0.3) is 5.52 Å². The topological polar surface area (TPSA) is 55.6 Å². The minimum atomic E-state index is -0.317. The van der Waals surface area contributed by atoms with Gasteiger partial charge in [-0.2, -0.15) is 0 Å². The van der Waals surface area contributed by atoms with Crippen LogP contribution >= 0.6 is 0 Å². The van der Waals surface area contributed by atoms with E-state index >= 15 is 0 Å². The second kappa shape index (κ2) is 4.42. The number of hydrogen-bond donors (Lipinski definition) is 1. The number of methoxy groups -OCH3 is 1. The molecule has 0 aromatic carbocycles. The van der Waals surface area contributed by atoms with Crippen LogP contribution in [0.4, 0.5) is 0 Å². The van der Waals surface area contributed by atoms with Crippen molar-refractivity contribution in [3.05, 3.63) is 35.9 Å². The van der Waals surface area contributed by atoms with Crippen LogP contribution in [0.15, 0.2) is 24.5 Å². The smallest absolute Gasteiger partial charge is 0.337 e. The van der Waals surface area contributed by atoms with E-state index in [9.17, 15) is 4.79 Å². The summed E-state index contributed by atoms with van der Waals surface area (Å²) in [6.07, 6.45) is 4.81. The predicted octanol–water partition coefficient (Wildman–Crippen LogP) is 1.20. The largest absolute Gasteiger partial charge is 0.465 e. The number of pyridine rings is 1. The Morgan fingerprint density at radius 2 is 2.50 bits per heavy atom. The van der Waals surface area contributed by atoms with Crippen LogP contribution in [-0.2, 0) is 4.74 Å². The maximum Gasteiger partial charge on any atom is 0.337 e. The van der Waals surface area contributed by atoms with Crippen molar-refractivity contribution in [1.82, 2.24) is 14.7 Å². The summed E-state index contributed by atoms with van der Waals surface area (Å²) in [4.78, 5) is 15.9. The summed E-state index contributed by atoms with van der Waals surface area (Å²) < 4.78 is 6.76. The fraction of sp³-hybridized carbons (Fsp3) is 0.385. The third-order valence-corrected chi connectivity index (χ3v) is 3.41. The fourth-order valence-electron chi connectivity index (χ4n) is 2.44. The minimum absolute atomic E-state index is 0.317. The first-order chi connectivity index (χ1) is 8.79. The third kappa shape index (κ3) is 1.76. The number of ether oxygens (including phenoxy) is 1. The number of carbonyl (C=O) groups excluding carboxylic acids is 1. The van der Waals surface area contributed by atoms with Gasteiger partial charge in [0.2, 0.25) is 0 Å². The molecule has 1 unspecified atom stereocenters. The Morgan fingerprint density at radius 1 is 1.61 bits per heavy atom. The number of hydrogen-bond acceptors (Lipinski definition) is 4. The van der Waals surface area contributed by atoms with Crippen molar-refractivity contribution in [3.8, 4) is 0 Å². The Balaban J connectivity index is 2.02. The van der Waals surface area contributed by atoms with E-state index < -0.39 is 0 Å². The highest BCUT2D eigenvalue weighted by atomic mass is 16.5. The number of nitrogens with zero attached hydrogens (tertiary/aromatic N) is 2. The van der Waals surface area contributed by atoms with Gasteiger partial charge in [0.05, 0.1) is 24.4 Å². The molecule has 0 radical (unpaired) electrons. The van der Waals surface area contributed by atoms with Gasteiger partial charge in [-0.3, -0.25) is 0 Å². The Kier molecular flexibility index (Phi) is 2.76. The lowest BCUT2D eigenvalue weighted by atomic mass is 10.1. The van der Waals surface area contributed by atoms with Gasteiger partial charge in [-0.25, -0.2) is 9.78 Å². The van der Waals surface area contributed by atoms with Crippen molar-refractivity contribution >= 4 is 11.5 Å². The van der Waals surface area contributed by atoms with Crippen LogP contribution < -0.4 is 5.32 Å². The first-order valence-electron chi connectivity index (χ1n) is 6.05. The van der Waals surface area contributed by atoms with Crippen LogP contribution in [0.3, 0.4) is 0 Å². The maximum absolute atomic E-state index is 11.5. The summed E-state index contributed by atoms with van der Waals surface area (Å²) in [5, 5.41) is 3.34. The molecule has 1 saturated heterocycles. The predicted molar refractivity (Wildman–Crippen MR) is 66.8 cm³/mol. The molecule has 0 bridgehead atoms. The van der Waals surface area contributed by atoms with Crippen molar-refractivity contribution in [2.75, 3.05) is 20.2 Å². The Labute approximate surface area is 105 Å². The normalized spacial score (nSPS) is 19.3. The monoisotopic (exact) mass is 245 g/mol. The lowest BCUT2D eigenvalue weighted by Gasteiger charge is -2.07. The van der Waals surface area contributed by atoms with E-state index in [1.165, 1.54) is 7.11 Å². The van der Waals surface area contributed by atoms with Crippen LogP contribution in [0.5, 0.6) is 0 Å². The Morgan fingerprint density at radius 3 is 3.22 bits per heavy atom. The summed E-state index contributed by atoms with van der Waals surface area (Å²) in [5.41, 5.74) is 1.49. The zero-order valence-corrected chi connectivity index (χ0v) is 10.2. The average Bonchev–Trinajstić information content (AvgIpc) is 3.05. The molecule has 3 rings (SSSR count). The van der Waals surface area contributed by atoms with Crippen molar-refractivity contribution in [2.45, 2.75) is 12.3 Å². The second-order valence-electron chi connectivity index (χ2n) is 4.51. The van der Waals surface area contributed by atoms with Gasteiger partial charge in [0.25, 0.3) is 0 Å². The molecule has 94 valence electrons. The van der Waals surface area contributed by atoms with Gasteiger partial charge in [-0.15, -0.1) is 0 Å². The van der Waals surface area contributed by atoms with Crippen LogP contribution in [-0.4, -0.2) is 35.6 Å². The first-order valence-corrected chi connectivity index (χ1v) is 6.05. The molecule has 0 spiro atoms. The SMILES string of the molecule is COC(=O)c1ccn2c(C3CCNC3)ncc2c1. The minimum Gasteiger partial charge on any atom is -0.465 e. The quantitative estimate of drug-likeness (QED) is 0.808. The number of imidazole rings is 1. The van der Waals surface area contributed by atoms with Gasteiger partial charge in [0, 0.05) is 18.7 Å². The van der Waals surface area contributed by atoms with E-state index in [-0.39, 0.29) is 5.97 Å². The molecule has 1 fully saturated rings. The number of rotatable bonds is 2. The number of aromatic nitrogens is 2. The van der Waals surface area contributed by atoms with Crippen LogP contribution in [0, 0.1) is 0 Å². The standard InChI is InChI=1S/C13H15N3O2/c1-18-13(17)9-3-5-16-11(6-9)8-15-12(16)10-2-4-14-7-10/h3,5-6,8,10,14H,2,4,7H2,1H3. The van der Waals surface area contributed by atoms with Gasteiger partial charge in [0.15, 0.2) is 0 Å². The van der Waals surface area contributed by atoms with E-state index in [1.54, 1.807) is 12.3 Å². The van der Waals surface area contributed by atoms with Crippen molar-refractivity contribution < 1.29 is 9.53 Å². The molecule has 0 aliphatic carbocycles. The highest BCUT2D eigenvalue weighted by molar-refractivity contribution is 5.90. The van der Waals surface area contributed by atoms with E-state index in [1.807, 2.05) is 16.7 Å². The van der Waals surface area contributed by atoms with E-state index in [4.69, 9.17) is 4.74 Å². The molecule has 5 heteroatoms. The molecule has 0 saturated carbocycles. The van der Waals surface area contributed by atoms with Gasteiger partial charge in [-0.05, 0) is 25.1 Å². The zero-order chi connectivity index (χ0) is 12.5. The molecule has 5 nitrogen and oxygen atoms in total. The first kappa shape index (κ1) is 11.2. The molecular weight excluding hydrogens is 230 g/mol.